The van der Waals surface area contributed by atoms with E-state index >= 15 is 0 Å². The molecule has 5 nitrogen and oxygen atoms in total. The Morgan fingerprint density at radius 2 is 1.79 bits per heavy atom. The van der Waals surface area contributed by atoms with Crippen LogP contribution in [0, 0.1) is 13.8 Å². The number of halogens is 2. The summed E-state index contributed by atoms with van der Waals surface area (Å²) in [6, 6.07) is 15.3. The first-order valence-electron chi connectivity index (χ1n) is 9.07. The Bertz CT molecular complexity index is 1210. The monoisotopic (exact) mass is 424 g/mol. The topological polar surface area (TPSA) is 59.8 Å². The highest BCUT2D eigenvalue weighted by Crippen LogP contribution is 2.31. The summed E-state index contributed by atoms with van der Waals surface area (Å²) in [6.07, 6.45) is 1.74. The lowest BCUT2D eigenvalue weighted by molar-refractivity contribution is -0.116. The van der Waals surface area contributed by atoms with Gasteiger partial charge in [-0.05, 0) is 43.2 Å². The molecule has 0 aliphatic rings. The lowest BCUT2D eigenvalue weighted by atomic mass is 10.0. The molecule has 0 spiro atoms. The molecule has 0 atom stereocenters. The van der Waals surface area contributed by atoms with Gasteiger partial charge in [0, 0.05) is 11.6 Å². The van der Waals surface area contributed by atoms with E-state index in [9.17, 15) is 4.79 Å². The fraction of sp³-hybridized carbons (Fsp3) is 0.136. The van der Waals surface area contributed by atoms with Crippen LogP contribution in [0.2, 0.25) is 10.0 Å². The van der Waals surface area contributed by atoms with Crippen LogP contribution < -0.4 is 5.32 Å². The van der Waals surface area contributed by atoms with Crippen LogP contribution in [0.15, 0.2) is 54.7 Å². The van der Waals surface area contributed by atoms with E-state index in [1.54, 1.807) is 29.1 Å². The van der Waals surface area contributed by atoms with E-state index in [1.165, 1.54) is 5.56 Å². The third-order valence-electron chi connectivity index (χ3n) is 4.66. The standard InChI is InChI=1S/C22H18Cl2N4O/c1-13-5-3-6-15(11-13)16-9-10-25-22-20(16)14(2)27-28(22)12-19(29)26-21-17(23)7-4-8-18(21)24/h3-11H,12H2,1-2H3,(H,26,29). The van der Waals surface area contributed by atoms with Gasteiger partial charge in [0.2, 0.25) is 5.91 Å². The number of hydrogen-bond acceptors (Lipinski definition) is 3. The highest BCUT2D eigenvalue weighted by Gasteiger charge is 2.17. The van der Waals surface area contributed by atoms with Crippen LogP contribution in [-0.2, 0) is 11.3 Å². The smallest absolute Gasteiger partial charge is 0.246 e. The van der Waals surface area contributed by atoms with E-state index in [2.05, 4.69) is 40.5 Å². The van der Waals surface area contributed by atoms with Crippen molar-refractivity contribution in [3.05, 3.63) is 76.0 Å². The average Bonchev–Trinajstić information content (AvgIpc) is 3.00. The summed E-state index contributed by atoms with van der Waals surface area (Å²) in [7, 11) is 0. The summed E-state index contributed by atoms with van der Waals surface area (Å²) in [6.45, 7) is 3.97. The molecule has 0 saturated carbocycles. The molecule has 7 heteroatoms. The summed E-state index contributed by atoms with van der Waals surface area (Å²) in [5.74, 6) is -0.285. The Labute approximate surface area is 178 Å². The van der Waals surface area contributed by atoms with Gasteiger partial charge in [0.05, 0.1) is 21.4 Å². The molecule has 4 aromatic rings. The molecule has 1 amide bonds. The summed E-state index contributed by atoms with van der Waals surface area (Å²) in [5.41, 5.74) is 5.16. The van der Waals surface area contributed by atoms with Crippen LogP contribution in [0.1, 0.15) is 11.3 Å². The number of aromatic nitrogens is 3. The Hall–Kier alpha value is -2.89. The summed E-state index contributed by atoms with van der Waals surface area (Å²) in [4.78, 5) is 17.1. The van der Waals surface area contributed by atoms with Crippen LogP contribution >= 0.6 is 23.2 Å². The van der Waals surface area contributed by atoms with E-state index in [0.717, 1.165) is 22.2 Å². The van der Waals surface area contributed by atoms with E-state index in [1.807, 2.05) is 19.1 Å². The largest absolute Gasteiger partial charge is 0.322 e. The number of hydrogen-bond donors (Lipinski definition) is 1. The molecule has 2 aromatic heterocycles. The number of rotatable bonds is 4. The predicted molar refractivity (Wildman–Crippen MR) is 118 cm³/mol. The Morgan fingerprint density at radius 3 is 2.52 bits per heavy atom. The van der Waals surface area contributed by atoms with Gasteiger partial charge in [-0.2, -0.15) is 5.10 Å². The lowest BCUT2D eigenvalue weighted by Gasteiger charge is -2.09. The van der Waals surface area contributed by atoms with Crippen molar-refractivity contribution in [2.75, 3.05) is 5.32 Å². The number of para-hydroxylation sites is 1. The molecule has 4 rings (SSSR count). The zero-order chi connectivity index (χ0) is 20.5. The first-order chi connectivity index (χ1) is 13.9. The van der Waals surface area contributed by atoms with Crippen molar-refractivity contribution in [2.24, 2.45) is 0 Å². The molecule has 0 aliphatic carbocycles. The fourth-order valence-electron chi connectivity index (χ4n) is 3.38. The van der Waals surface area contributed by atoms with Crippen molar-refractivity contribution in [1.29, 1.82) is 0 Å². The number of carbonyl (C=O) groups is 1. The molecule has 0 unspecified atom stereocenters. The second-order valence-electron chi connectivity index (χ2n) is 6.81. The third kappa shape index (κ3) is 3.84. The summed E-state index contributed by atoms with van der Waals surface area (Å²) >= 11 is 12.3. The molecule has 0 aliphatic heterocycles. The first-order valence-corrected chi connectivity index (χ1v) is 9.82. The van der Waals surface area contributed by atoms with E-state index in [4.69, 9.17) is 23.2 Å². The molecule has 2 heterocycles. The molecule has 0 saturated heterocycles. The van der Waals surface area contributed by atoms with Crippen LogP contribution in [0.25, 0.3) is 22.2 Å². The van der Waals surface area contributed by atoms with Gasteiger partial charge >= 0.3 is 0 Å². The minimum atomic E-state index is -0.285. The van der Waals surface area contributed by atoms with Crippen LogP contribution in [0.5, 0.6) is 0 Å². The SMILES string of the molecule is Cc1cccc(-c2ccnc3c2c(C)nn3CC(=O)Nc2c(Cl)cccc2Cl)c1. The van der Waals surface area contributed by atoms with Gasteiger partial charge in [-0.15, -0.1) is 0 Å². The van der Waals surface area contributed by atoms with Gasteiger partial charge < -0.3 is 5.32 Å². The number of nitrogens with one attached hydrogen (secondary N) is 1. The van der Waals surface area contributed by atoms with E-state index < -0.39 is 0 Å². The minimum Gasteiger partial charge on any atom is -0.322 e. The van der Waals surface area contributed by atoms with Crippen molar-refractivity contribution >= 4 is 45.8 Å². The fourth-order valence-corrected chi connectivity index (χ4v) is 3.87. The van der Waals surface area contributed by atoms with E-state index in [0.29, 0.717) is 21.4 Å². The maximum atomic E-state index is 12.6. The van der Waals surface area contributed by atoms with E-state index in [-0.39, 0.29) is 12.5 Å². The van der Waals surface area contributed by atoms with Crippen LogP contribution in [0.4, 0.5) is 5.69 Å². The highest BCUT2D eigenvalue weighted by molar-refractivity contribution is 6.39. The van der Waals surface area contributed by atoms with Crippen LogP contribution in [-0.4, -0.2) is 20.7 Å². The summed E-state index contributed by atoms with van der Waals surface area (Å²) in [5, 5.41) is 9.01. The zero-order valence-electron chi connectivity index (χ0n) is 15.9. The second-order valence-corrected chi connectivity index (χ2v) is 7.63. The van der Waals surface area contributed by atoms with Gasteiger partial charge in [0.15, 0.2) is 5.65 Å². The normalized spacial score (nSPS) is 11.0. The van der Waals surface area contributed by atoms with Gasteiger partial charge in [0.25, 0.3) is 0 Å². The van der Waals surface area contributed by atoms with Crippen molar-refractivity contribution in [3.63, 3.8) is 0 Å². The average molecular weight is 425 g/mol. The molecular formula is C22H18Cl2N4O. The number of anilines is 1. The number of aryl methyl sites for hydroxylation is 2. The molecular weight excluding hydrogens is 407 g/mol. The number of nitrogens with zero attached hydrogens (tertiary/aromatic N) is 3. The van der Waals surface area contributed by atoms with Crippen molar-refractivity contribution in [3.8, 4) is 11.1 Å². The van der Waals surface area contributed by atoms with Gasteiger partial charge in [-0.3, -0.25) is 4.79 Å². The van der Waals surface area contributed by atoms with Crippen molar-refractivity contribution in [1.82, 2.24) is 14.8 Å². The molecule has 0 bridgehead atoms. The first kappa shape index (κ1) is 19.4. The summed E-state index contributed by atoms with van der Waals surface area (Å²) < 4.78 is 1.60. The maximum absolute atomic E-state index is 12.6. The number of pyridine rings is 1. The molecule has 0 radical (unpaired) electrons. The Balaban J connectivity index is 1.69. The number of carbonyl (C=O) groups excluding carboxylic acids is 1. The number of fused-ring (bicyclic) bond motifs is 1. The minimum absolute atomic E-state index is 0.00381. The lowest BCUT2D eigenvalue weighted by Crippen LogP contribution is -2.20. The number of benzene rings is 2. The zero-order valence-corrected chi connectivity index (χ0v) is 17.4. The predicted octanol–water partition coefficient (Wildman–Crippen LogP) is 5.66. The Kier molecular flexibility index (Phi) is 5.26. The molecule has 1 N–H and O–H groups in total. The van der Waals surface area contributed by atoms with Gasteiger partial charge in [-0.1, -0.05) is 59.1 Å². The quantitative estimate of drug-likeness (QED) is 0.459. The van der Waals surface area contributed by atoms with Crippen molar-refractivity contribution in [2.45, 2.75) is 20.4 Å². The second kappa shape index (κ2) is 7.85. The highest BCUT2D eigenvalue weighted by atomic mass is 35.5. The third-order valence-corrected chi connectivity index (χ3v) is 5.29. The number of amides is 1. The van der Waals surface area contributed by atoms with Gasteiger partial charge in [0.1, 0.15) is 6.54 Å². The van der Waals surface area contributed by atoms with Crippen molar-refractivity contribution < 1.29 is 4.79 Å². The Morgan fingerprint density at radius 1 is 1.07 bits per heavy atom. The molecule has 0 fully saturated rings. The van der Waals surface area contributed by atoms with Gasteiger partial charge in [-0.25, -0.2) is 9.67 Å². The molecule has 29 heavy (non-hydrogen) atoms. The molecule has 2 aromatic carbocycles. The van der Waals surface area contributed by atoms with Crippen LogP contribution in [0.3, 0.4) is 0 Å². The maximum Gasteiger partial charge on any atom is 0.246 e. The molecule has 146 valence electrons.